The zero-order chi connectivity index (χ0) is 12.8. The van der Waals surface area contributed by atoms with Crippen LogP contribution in [0.25, 0.3) is 0 Å². The molecule has 2 nitrogen and oxygen atoms in total. The molecule has 0 bridgehead atoms. The Hall–Kier alpha value is -0.640. The van der Waals surface area contributed by atoms with Crippen molar-refractivity contribution in [3.8, 4) is 0 Å². The highest BCUT2D eigenvalue weighted by Crippen LogP contribution is 2.17. The first-order chi connectivity index (χ1) is 8.08. The summed E-state index contributed by atoms with van der Waals surface area (Å²) in [5, 5.41) is 3.72. The topological polar surface area (TPSA) is 21.3 Å². The van der Waals surface area contributed by atoms with Crippen LogP contribution >= 0.6 is 11.6 Å². The molecule has 0 spiro atoms. The summed E-state index contributed by atoms with van der Waals surface area (Å²) >= 11 is 5.72. The van der Waals surface area contributed by atoms with Gasteiger partial charge >= 0.3 is 0 Å². The predicted molar refractivity (Wildman–Crippen MR) is 69.0 cm³/mol. The van der Waals surface area contributed by atoms with Crippen molar-refractivity contribution in [2.24, 2.45) is 0 Å². The molecule has 0 aromatic heterocycles. The number of benzene rings is 1. The van der Waals surface area contributed by atoms with Crippen LogP contribution in [0.1, 0.15) is 19.4 Å². The number of methoxy groups -OCH3 is 1. The summed E-state index contributed by atoms with van der Waals surface area (Å²) in [6.45, 7) is 4.82. The SMILES string of the molecule is CCNC(Cc1ccc(Cl)cc1F)C(C)OC. The van der Waals surface area contributed by atoms with Crippen molar-refractivity contribution < 1.29 is 9.13 Å². The summed E-state index contributed by atoms with van der Waals surface area (Å²) in [5.74, 6) is -0.260. The average Bonchev–Trinajstić information content (AvgIpc) is 2.30. The number of hydrogen-bond acceptors (Lipinski definition) is 2. The molecule has 17 heavy (non-hydrogen) atoms. The first-order valence-corrected chi connectivity index (χ1v) is 6.16. The first-order valence-electron chi connectivity index (χ1n) is 5.78. The largest absolute Gasteiger partial charge is 0.380 e. The molecule has 0 saturated heterocycles. The van der Waals surface area contributed by atoms with Gasteiger partial charge in [0.15, 0.2) is 0 Å². The van der Waals surface area contributed by atoms with Crippen LogP contribution in [-0.2, 0) is 11.2 Å². The second-order valence-corrected chi connectivity index (χ2v) is 4.48. The van der Waals surface area contributed by atoms with E-state index in [1.54, 1.807) is 19.2 Å². The monoisotopic (exact) mass is 259 g/mol. The summed E-state index contributed by atoms with van der Waals surface area (Å²) in [5.41, 5.74) is 0.657. The molecule has 0 fully saturated rings. The van der Waals surface area contributed by atoms with E-state index < -0.39 is 0 Å². The lowest BCUT2D eigenvalue weighted by molar-refractivity contribution is 0.0833. The number of ether oxygens (including phenoxy) is 1. The molecule has 1 aromatic rings. The Labute approximate surface area is 107 Å². The third-order valence-corrected chi connectivity index (χ3v) is 3.09. The molecular weight excluding hydrogens is 241 g/mol. The minimum absolute atomic E-state index is 0.0324. The van der Waals surface area contributed by atoms with Gasteiger partial charge in [0.2, 0.25) is 0 Å². The van der Waals surface area contributed by atoms with Crippen LogP contribution < -0.4 is 5.32 Å². The molecular formula is C13H19ClFNO. The quantitative estimate of drug-likeness (QED) is 0.848. The highest BCUT2D eigenvalue weighted by atomic mass is 35.5. The molecule has 1 rings (SSSR count). The summed E-state index contributed by atoms with van der Waals surface area (Å²) < 4.78 is 19.0. The Balaban J connectivity index is 2.78. The van der Waals surface area contributed by atoms with E-state index in [1.165, 1.54) is 6.07 Å². The van der Waals surface area contributed by atoms with E-state index in [9.17, 15) is 4.39 Å². The van der Waals surface area contributed by atoms with Crippen LogP contribution in [0, 0.1) is 5.82 Å². The summed E-state index contributed by atoms with van der Waals surface area (Å²) in [6, 6.07) is 4.88. The smallest absolute Gasteiger partial charge is 0.127 e. The van der Waals surface area contributed by atoms with Crippen molar-refractivity contribution in [1.29, 1.82) is 0 Å². The highest BCUT2D eigenvalue weighted by molar-refractivity contribution is 6.30. The van der Waals surface area contributed by atoms with E-state index in [0.29, 0.717) is 17.0 Å². The summed E-state index contributed by atoms with van der Waals surface area (Å²) in [7, 11) is 1.66. The van der Waals surface area contributed by atoms with Gasteiger partial charge in [-0.1, -0.05) is 24.6 Å². The summed E-state index contributed by atoms with van der Waals surface area (Å²) in [6.07, 6.45) is 0.622. The number of halogens is 2. The molecule has 2 unspecified atom stereocenters. The molecule has 1 aromatic carbocycles. The van der Waals surface area contributed by atoms with Gasteiger partial charge in [-0.05, 0) is 37.6 Å². The highest BCUT2D eigenvalue weighted by Gasteiger charge is 2.18. The fraction of sp³-hybridized carbons (Fsp3) is 0.538. The number of nitrogens with one attached hydrogen (secondary N) is 1. The van der Waals surface area contributed by atoms with Gasteiger partial charge in [-0.2, -0.15) is 0 Å². The van der Waals surface area contributed by atoms with Crippen molar-refractivity contribution >= 4 is 11.6 Å². The van der Waals surface area contributed by atoms with E-state index >= 15 is 0 Å². The Morgan fingerprint density at radius 2 is 2.18 bits per heavy atom. The van der Waals surface area contributed by atoms with Crippen LogP contribution in [0.5, 0.6) is 0 Å². The summed E-state index contributed by atoms with van der Waals surface area (Å²) in [4.78, 5) is 0. The number of hydrogen-bond donors (Lipinski definition) is 1. The van der Waals surface area contributed by atoms with Crippen LogP contribution in [-0.4, -0.2) is 25.8 Å². The standard InChI is InChI=1S/C13H19ClFNO/c1-4-16-13(9(2)17-3)7-10-5-6-11(14)8-12(10)15/h5-6,8-9,13,16H,4,7H2,1-3H3. The third kappa shape index (κ3) is 4.26. The molecule has 2 atom stereocenters. The Kier molecular flexibility index (Phi) is 5.89. The Morgan fingerprint density at radius 1 is 1.47 bits per heavy atom. The van der Waals surface area contributed by atoms with Gasteiger partial charge in [-0.25, -0.2) is 4.39 Å². The maximum atomic E-state index is 13.7. The lowest BCUT2D eigenvalue weighted by Gasteiger charge is -2.24. The number of rotatable bonds is 6. The molecule has 0 amide bonds. The van der Waals surface area contributed by atoms with Crippen molar-refractivity contribution in [3.63, 3.8) is 0 Å². The normalized spacial score (nSPS) is 14.6. The van der Waals surface area contributed by atoms with Crippen LogP contribution in [0.4, 0.5) is 4.39 Å². The average molecular weight is 260 g/mol. The molecule has 0 aliphatic heterocycles. The van der Waals surface area contributed by atoms with Crippen molar-refractivity contribution in [2.45, 2.75) is 32.4 Å². The molecule has 1 N–H and O–H groups in total. The molecule has 4 heteroatoms. The van der Waals surface area contributed by atoms with Gasteiger partial charge in [-0.15, -0.1) is 0 Å². The van der Waals surface area contributed by atoms with E-state index in [4.69, 9.17) is 16.3 Å². The van der Waals surface area contributed by atoms with Gasteiger partial charge in [-0.3, -0.25) is 0 Å². The van der Waals surface area contributed by atoms with Gasteiger partial charge < -0.3 is 10.1 Å². The van der Waals surface area contributed by atoms with E-state index in [1.807, 2.05) is 13.8 Å². The molecule has 0 aliphatic carbocycles. The van der Waals surface area contributed by atoms with Gasteiger partial charge in [0, 0.05) is 18.2 Å². The molecule has 0 heterocycles. The van der Waals surface area contributed by atoms with Gasteiger partial charge in [0.05, 0.1) is 6.10 Å². The van der Waals surface area contributed by atoms with Crippen LogP contribution in [0.2, 0.25) is 5.02 Å². The van der Waals surface area contributed by atoms with Crippen LogP contribution in [0.15, 0.2) is 18.2 Å². The Morgan fingerprint density at radius 3 is 2.71 bits per heavy atom. The fourth-order valence-corrected chi connectivity index (χ4v) is 1.91. The van der Waals surface area contributed by atoms with E-state index in [2.05, 4.69) is 5.32 Å². The van der Waals surface area contributed by atoms with E-state index in [-0.39, 0.29) is 18.0 Å². The lowest BCUT2D eigenvalue weighted by atomic mass is 10.0. The minimum Gasteiger partial charge on any atom is -0.380 e. The Bertz CT molecular complexity index is 359. The fourth-order valence-electron chi connectivity index (χ4n) is 1.75. The van der Waals surface area contributed by atoms with Crippen molar-refractivity contribution in [3.05, 3.63) is 34.6 Å². The predicted octanol–water partition coefficient (Wildman–Crippen LogP) is 3.03. The van der Waals surface area contributed by atoms with Gasteiger partial charge in [0.1, 0.15) is 5.82 Å². The molecule has 0 radical (unpaired) electrons. The van der Waals surface area contributed by atoms with Gasteiger partial charge in [0.25, 0.3) is 0 Å². The molecule has 96 valence electrons. The van der Waals surface area contributed by atoms with Crippen molar-refractivity contribution in [2.75, 3.05) is 13.7 Å². The van der Waals surface area contributed by atoms with Crippen molar-refractivity contribution in [1.82, 2.24) is 5.32 Å². The first kappa shape index (κ1) is 14.4. The zero-order valence-electron chi connectivity index (χ0n) is 10.5. The second-order valence-electron chi connectivity index (χ2n) is 4.04. The maximum absolute atomic E-state index is 13.7. The molecule has 0 aliphatic rings. The molecule has 0 saturated carbocycles. The lowest BCUT2D eigenvalue weighted by Crippen LogP contribution is -2.41. The number of likely N-dealkylation sites (N-methyl/N-ethyl adjacent to an activating group) is 1. The third-order valence-electron chi connectivity index (χ3n) is 2.86. The van der Waals surface area contributed by atoms with E-state index in [0.717, 1.165) is 6.54 Å². The van der Waals surface area contributed by atoms with Crippen LogP contribution in [0.3, 0.4) is 0 Å². The second kappa shape index (κ2) is 6.94. The zero-order valence-corrected chi connectivity index (χ0v) is 11.2. The maximum Gasteiger partial charge on any atom is 0.127 e. The minimum atomic E-state index is -0.260.